The molecule has 2 unspecified atom stereocenters. The molecule has 4 rings (SSSR count). The van der Waals surface area contributed by atoms with Crippen molar-refractivity contribution in [3.05, 3.63) is 63.0 Å². The third-order valence-corrected chi connectivity index (χ3v) is 6.62. The van der Waals surface area contributed by atoms with Crippen LogP contribution >= 0.6 is 22.7 Å². The van der Waals surface area contributed by atoms with Gasteiger partial charge in [-0.15, -0.1) is 21.5 Å². The van der Waals surface area contributed by atoms with Crippen molar-refractivity contribution in [3.63, 3.8) is 0 Å². The van der Waals surface area contributed by atoms with Crippen LogP contribution in [0.4, 0.5) is 9.52 Å². The van der Waals surface area contributed by atoms with Crippen LogP contribution < -0.4 is 5.32 Å². The summed E-state index contributed by atoms with van der Waals surface area (Å²) in [5.74, 6) is -0.222. The number of benzene rings is 1. The molecule has 0 amide bonds. The number of thiophene rings is 1. The van der Waals surface area contributed by atoms with E-state index in [1.165, 1.54) is 17.0 Å². The first-order chi connectivity index (χ1) is 13.7. The van der Waals surface area contributed by atoms with Gasteiger partial charge < -0.3 is 10.1 Å². The van der Waals surface area contributed by atoms with Gasteiger partial charge in [-0.1, -0.05) is 29.5 Å². The lowest BCUT2D eigenvalue weighted by Gasteiger charge is -2.36. The second kappa shape index (κ2) is 9.09. The molecular weight excluding hydrogens is 395 g/mol. The van der Waals surface area contributed by atoms with Gasteiger partial charge in [-0.2, -0.15) is 0 Å². The highest BCUT2D eigenvalue weighted by Crippen LogP contribution is 2.28. The normalized spacial score (nSPS) is 18.9. The molecule has 0 bridgehead atoms. The molecule has 1 aliphatic rings. The molecule has 3 aromatic rings. The third kappa shape index (κ3) is 4.94. The highest BCUT2D eigenvalue weighted by atomic mass is 32.1. The van der Waals surface area contributed by atoms with Crippen LogP contribution in [0.15, 0.2) is 41.8 Å². The molecule has 1 aliphatic heterocycles. The smallest absolute Gasteiger partial charge is 0.205 e. The number of rotatable bonds is 7. The lowest BCUT2D eigenvalue weighted by Crippen LogP contribution is -2.44. The Labute approximate surface area is 172 Å². The highest BCUT2D eigenvalue weighted by molar-refractivity contribution is 7.15. The lowest BCUT2D eigenvalue weighted by molar-refractivity contribution is -0.0322. The fourth-order valence-electron chi connectivity index (χ4n) is 3.38. The van der Waals surface area contributed by atoms with E-state index in [9.17, 15) is 4.39 Å². The van der Waals surface area contributed by atoms with Crippen LogP contribution in [0.3, 0.4) is 0 Å². The number of morpholine rings is 1. The SMILES string of the molecule is CC1CN(C(CNc2nnc(Cc3ccc(F)cc3)s2)c2cccs2)CCO1. The van der Waals surface area contributed by atoms with Crippen molar-refractivity contribution in [2.24, 2.45) is 0 Å². The molecule has 28 heavy (non-hydrogen) atoms. The van der Waals surface area contributed by atoms with Crippen molar-refractivity contribution in [3.8, 4) is 0 Å². The van der Waals surface area contributed by atoms with Gasteiger partial charge in [0, 0.05) is 30.9 Å². The summed E-state index contributed by atoms with van der Waals surface area (Å²) < 4.78 is 18.8. The zero-order valence-corrected chi connectivity index (χ0v) is 17.3. The summed E-state index contributed by atoms with van der Waals surface area (Å²) in [6.45, 7) is 5.52. The van der Waals surface area contributed by atoms with E-state index in [0.29, 0.717) is 6.42 Å². The Balaban J connectivity index is 1.40. The molecule has 0 spiro atoms. The zero-order chi connectivity index (χ0) is 19.3. The van der Waals surface area contributed by atoms with Gasteiger partial charge in [0.1, 0.15) is 10.8 Å². The maximum atomic E-state index is 13.1. The van der Waals surface area contributed by atoms with E-state index in [0.717, 1.165) is 41.9 Å². The minimum absolute atomic E-state index is 0.222. The van der Waals surface area contributed by atoms with E-state index < -0.39 is 0 Å². The van der Waals surface area contributed by atoms with Gasteiger partial charge in [-0.05, 0) is 36.1 Å². The first-order valence-electron chi connectivity index (χ1n) is 9.37. The van der Waals surface area contributed by atoms with Crippen LogP contribution in [0.2, 0.25) is 0 Å². The van der Waals surface area contributed by atoms with Crippen LogP contribution in [0, 0.1) is 5.82 Å². The van der Waals surface area contributed by atoms with Gasteiger partial charge in [0.15, 0.2) is 0 Å². The van der Waals surface area contributed by atoms with Crippen LogP contribution in [-0.4, -0.2) is 47.4 Å². The van der Waals surface area contributed by atoms with E-state index in [4.69, 9.17) is 4.74 Å². The fourth-order valence-corrected chi connectivity index (χ4v) is 5.02. The molecule has 0 saturated carbocycles. The third-order valence-electron chi connectivity index (χ3n) is 4.77. The number of hydrogen-bond donors (Lipinski definition) is 1. The Hall–Kier alpha value is -1.87. The molecule has 1 aromatic carbocycles. The van der Waals surface area contributed by atoms with Gasteiger partial charge in [0.25, 0.3) is 0 Å². The molecule has 1 saturated heterocycles. The topological polar surface area (TPSA) is 50.3 Å². The Kier molecular flexibility index (Phi) is 6.31. The van der Waals surface area contributed by atoms with E-state index in [-0.39, 0.29) is 18.0 Å². The average Bonchev–Trinajstić information content (AvgIpc) is 3.37. The first kappa shape index (κ1) is 19.4. The summed E-state index contributed by atoms with van der Waals surface area (Å²) in [5.41, 5.74) is 1.03. The minimum atomic E-state index is -0.222. The number of nitrogens with zero attached hydrogens (tertiary/aromatic N) is 3. The molecular formula is C20H23FN4OS2. The summed E-state index contributed by atoms with van der Waals surface area (Å²) in [7, 11) is 0. The van der Waals surface area contributed by atoms with Gasteiger partial charge in [0.2, 0.25) is 5.13 Å². The average molecular weight is 419 g/mol. The summed E-state index contributed by atoms with van der Waals surface area (Å²) in [5, 5.41) is 15.9. The fraction of sp³-hybridized carbons (Fsp3) is 0.400. The van der Waals surface area contributed by atoms with Crippen LogP contribution in [0.1, 0.15) is 28.4 Å². The van der Waals surface area contributed by atoms with Crippen LogP contribution in [-0.2, 0) is 11.2 Å². The van der Waals surface area contributed by atoms with Gasteiger partial charge in [-0.25, -0.2) is 4.39 Å². The van der Waals surface area contributed by atoms with Gasteiger partial charge in [0.05, 0.1) is 18.8 Å². The number of nitrogens with one attached hydrogen (secondary N) is 1. The largest absolute Gasteiger partial charge is 0.376 e. The molecule has 148 valence electrons. The monoisotopic (exact) mass is 418 g/mol. The molecule has 8 heteroatoms. The zero-order valence-electron chi connectivity index (χ0n) is 15.7. The Bertz CT molecular complexity index is 869. The molecule has 2 aromatic heterocycles. The predicted octanol–water partition coefficient (Wildman–Crippen LogP) is 4.20. The summed E-state index contributed by atoms with van der Waals surface area (Å²) >= 11 is 3.33. The molecule has 1 N–H and O–H groups in total. The van der Waals surface area contributed by atoms with Crippen molar-refractivity contribution < 1.29 is 9.13 Å². The molecule has 3 heterocycles. The summed E-state index contributed by atoms with van der Waals surface area (Å²) in [6, 6.07) is 11.1. The van der Waals surface area contributed by atoms with E-state index in [1.807, 2.05) is 0 Å². The van der Waals surface area contributed by atoms with E-state index >= 15 is 0 Å². The molecule has 0 radical (unpaired) electrons. The Morgan fingerprint density at radius 1 is 1.29 bits per heavy atom. The Morgan fingerprint density at radius 2 is 2.14 bits per heavy atom. The molecule has 5 nitrogen and oxygen atoms in total. The molecule has 0 aliphatic carbocycles. The van der Waals surface area contributed by atoms with Gasteiger partial charge >= 0.3 is 0 Å². The number of ether oxygens (including phenoxy) is 1. The summed E-state index contributed by atoms with van der Waals surface area (Å²) in [4.78, 5) is 3.82. The maximum Gasteiger partial charge on any atom is 0.205 e. The molecule has 1 fully saturated rings. The number of anilines is 1. The minimum Gasteiger partial charge on any atom is -0.376 e. The van der Waals surface area contributed by atoms with Crippen molar-refractivity contribution in [2.75, 3.05) is 31.6 Å². The van der Waals surface area contributed by atoms with Crippen molar-refractivity contribution in [2.45, 2.75) is 25.5 Å². The number of aromatic nitrogens is 2. The molecule has 2 atom stereocenters. The maximum absolute atomic E-state index is 13.1. The quantitative estimate of drug-likeness (QED) is 0.623. The Morgan fingerprint density at radius 3 is 2.89 bits per heavy atom. The first-order valence-corrected chi connectivity index (χ1v) is 11.1. The second-order valence-corrected chi connectivity index (χ2v) is 8.93. The van der Waals surface area contributed by atoms with E-state index in [2.05, 4.69) is 44.9 Å². The van der Waals surface area contributed by atoms with Crippen molar-refractivity contribution >= 4 is 27.8 Å². The van der Waals surface area contributed by atoms with Crippen molar-refractivity contribution in [1.82, 2.24) is 15.1 Å². The summed E-state index contributed by atoms with van der Waals surface area (Å²) in [6.07, 6.45) is 0.912. The highest BCUT2D eigenvalue weighted by Gasteiger charge is 2.26. The standard InChI is InChI=1S/C20H23FN4OS2/c1-14-13-25(8-9-26-14)17(18-3-2-10-27-18)12-22-20-24-23-19(28-20)11-15-4-6-16(21)7-5-15/h2-7,10,14,17H,8-9,11-13H2,1H3,(H,22,24). The van der Waals surface area contributed by atoms with Gasteiger partial charge in [-0.3, -0.25) is 4.90 Å². The number of hydrogen-bond acceptors (Lipinski definition) is 7. The van der Waals surface area contributed by atoms with Crippen LogP contribution in [0.25, 0.3) is 0 Å². The second-order valence-electron chi connectivity index (χ2n) is 6.89. The van der Waals surface area contributed by atoms with Crippen molar-refractivity contribution in [1.29, 1.82) is 0 Å². The number of halogens is 1. The van der Waals surface area contributed by atoms with Crippen LogP contribution in [0.5, 0.6) is 0 Å². The van der Waals surface area contributed by atoms with E-state index in [1.54, 1.807) is 34.8 Å². The predicted molar refractivity (Wildman–Crippen MR) is 112 cm³/mol. The lowest BCUT2D eigenvalue weighted by atomic mass is 10.1.